The first-order valence-corrected chi connectivity index (χ1v) is 5.61. The number of hydrogen-bond acceptors (Lipinski definition) is 3. The van der Waals surface area contributed by atoms with Crippen LogP contribution in [0.1, 0.15) is 13.8 Å². The number of nitrogens with one attached hydrogen (secondary N) is 1. The molecule has 3 nitrogen and oxygen atoms in total. The van der Waals surface area contributed by atoms with Crippen molar-refractivity contribution >= 4 is 40.0 Å². The number of halogens is 2. The molecule has 1 rings (SSSR count). The normalized spacial score (nSPS) is 11.5. The van der Waals surface area contributed by atoms with Crippen molar-refractivity contribution in [2.75, 3.05) is 11.9 Å². The van der Waals surface area contributed by atoms with Gasteiger partial charge in [0.05, 0.1) is 12.1 Å². The van der Waals surface area contributed by atoms with Crippen molar-refractivity contribution in [1.29, 1.82) is 0 Å². The van der Waals surface area contributed by atoms with E-state index in [1.54, 1.807) is 6.07 Å². The molecule has 0 saturated heterocycles. The van der Waals surface area contributed by atoms with Crippen LogP contribution in [-0.2, 0) is 0 Å². The summed E-state index contributed by atoms with van der Waals surface area (Å²) in [4.78, 5) is 4.11. The highest BCUT2D eigenvalue weighted by Crippen LogP contribution is 2.19. The van der Waals surface area contributed by atoms with E-state index in [4.69, 9.17) is 16.7 Å². The van der Waals surface area contributed by atoms with Gasteiger partial charge in [0.1, 0.15) is 11.0 Å². The van der Waals surface area contributed by atoms with Gasteiger partial charge in [-0.1, -0.05) is 11.6 Å². The van der Waals surface area contributed by atoms with Crippen molar-refractivity contribution in [1.82, 2.24) is 4.98 Å². The van der Waals surface area contributed by atoms with Gasteiger partial charge in [0.15, 0.2) is 0 Å². The van der Waals surface area contributed by atoms with Crippen LogP contribution in [0.25, 0.3) is 0 Å². The van der Waals surface area contributed by atoms with Crippen molar-refractivity contribution in [3.63, 3.8) is 0 Å². The molecule has 0 spiro atoms. The molecule has 2 N–H and O–H groups in total. The van der Waals surface area contributed by atoms with E-state index in [1.165, 1.54) is 0 Å². The third-order valence-corrected chi connectivity index (χ3v) is 2.44. The van der Waals surface area contributed by atoms with E-state index in [0.717, 1.165) is 3.57 Å². The quantitative estimate of drug-likeness (QED) is 0.663. The van der Waals surface area contributed by atoms with Crippen LogP contribution in [0.3, 0.4) is 0 Å². The second-order valence-corrected chi connectivity index (χ2v) is 5.29. The zero-order valence-electron chi connectivity index (χ0n) is 8.01. The van der Waals surface area contributed by atoms with Gasteiger partial charge in [-0.3, -0.25) is 0 Å². The Hall–Kier alpha value is -0.0700. The monoisotopic (exact) mass is 326 g/mol. The Morgan fingerprint density at radius 2 is 2.21 bits per heavy atom. The van der Waals surface area contributed by atoms with E-state index in [9.17, 15) is 0 Å². The summed E-state index contributed by atoms with van der Waals surface area (Å²) >= 11 is 7.97. The summed E-state index contributed by atoms with van der Waals surface area (Å²) in [6.07, 6.45) is 0. The van der Waals surface area contributed by atoms with Gasteiger partial charge in [-0.15, -0.1) is 0 Å². The lowest BCUT2D eigenvalue weighted by Gasteiger charge is -2.24. The first-order valence-electron chi connectivity index (χ1n) is 4.15. The predicted molar refractivity (Wildman–Crippen MR) is 66.8 cm³/mol. The molecule has 1 aromatic heterocycles. The Labute approximate surface area is 102 Å². The molecule has 0 aliphatic rings. The van der Waals surface area contributed by atoms with Crippen molar-refractivity contribution in [2.45, 2.75) is 19.4 Å². The second kappa shape index (κ2) is 4.63. The van der Waals surface area contributed by atoms with Crippen LogP contribution in [0.4, 0.5) is 5.82 Å². The fourth-order valence-electron chi connectivity index (χ4n) is 0.916. The third kappa shape index (κ3) is 3.59. The second-order valence-electron chi connectivity index (χ2n) is 3.66. The van der Waals surface area contributed by atoms with Crippen molar-refractivity contribution in [3.8, 4) is 0 Å². The molecule has 0 bridgehead atoms. The Kier molecular flexibility index (Phi) is 3.97. The molecule has 0 amide bonds. The minimum absolute atomic E-state index is 0.0395. The van der Waals surface area contributed by atoms with Crippen LogP contribution in [0.15, 0.2) is 12.1 Å². The summed E-state index contributed by atoms with van der Waals surface area (Å²) in [7, 11) is 0. The molecule has 0 aliphatic carbocycles. The zero-order chi connectivity index (χ0) is 10.8. The van der Waals surface area contributed by atoms with E-state index < -0.39 is 0 Å². The molecular formula is C9H12ClIN2O. The van der Waals surface area contributed by atoms with Gasteiger partial charge in [0.25, 0.3) is 0 Å². The van der Waals surface area contributed by atoms with Crippen LogP contribution >= 0.6 is 34.2 Å². The Bertz CT molecular complexity index is 310. The largest absolute Gasteiger partial charge is 0.394 e. The van der Waals surface area contributed by atoms with Crippen molar-refractivity contribution in [3.05, 3.63) is 20.9 Å². The van der Waals surface area contributed by atoms with Gasteiger partial charge in [-0.25, -0.2) is 4.98 Å². The molecule has 0 aliphatic heterocycles. The number of hydrogen-bond donors (Lipinski definition) is 2. The minimum Gasteiger partial charge on any atom is -0.394 e. The van der Waals surface area contributed by atoms with Crippen LogP contribution in [0.5, 0.6) is 0 Å². The summed E-state index contributed by atoms with van der Waals surface area (Å²) in [5.74, 6) is 0.681. The molecule has 0 saturated carbocycles. The molecule has 5 heteroatoms. The lowest BCUT2D eigenvalue weighted by molar-refractivity contribution is 0.234. The molecule has 0 fully saturated rings. The fraction of sp³-hybridized carbons (Fsp3) is 0.444. The number of aromatic nitrogens is 1. The van der Waals surface area contributed by atoms with Gasteiger partial charge in [-0.05, 0) is 48.6 Å². The minimum atomic E-state index is -0.388. The number of anilines is 1. The van der Waals surface area contributed by atoms with Gasteiger partial charge in [-0.2, -0.15) is 0 Å². The van der Waals surface area contributed by atoms with Gasteiger partial charge < -0.3 is 10.4 Å². The van der Waals surface area contributed by atoms with Gasteiger partial charge >= 0.3 is 0 Å². The highest BCUT2D eigenvalue weighted by molar-refractivity contribution is 14.1. The molecule has 1 aromatic rings. The summed E-state index contributed by atoms with van der Waals surface area (Å²) in [6, 6.07) is 3.66. The van der Waals surface area contributed by atoms with E-state index in [1.807, 2.05) is 19.9 Å². The summed E-state index contributed by atoms with van der Waals surface area (Å²) < 4.78 is 1.01. The van der Waals surface area contributed by atoms with Crippen LogP contribution in [0.2, 0.25) is 5.15 Å². The lowest BCUT2D eigenvalue weighted by Crippen LogP contribution is -2.35. The smallest absolute Gasteiger partial charge is 0.132 e. The van der Waals surface area contributed by atoms with E-state index in [0.29, 0.717) is 11.0 Å². The number of nitrogens with zero attached hydrogens (tertiary/aromatic N) is 1. The van der Waals surface area contributed by atoms with E-state index >= 15 is 0 Å². The maximum atomic E-state index is 9.07. The van der Waals surface area contributed by atoms with Crippen molar-refractivity contribution < 1.29 is 5.11 Å². The number of aliphatic hydroxyl groups is 1. The van der Waals surface area contributed by atoms with Crippen LogP contribution in [-0.4, -0.2) is 22.2 Å². The molecular weight excluding hydrogens is 314 g/mol. The van der Waals surface area contributed by atoms with Gasteiger partial charge in [0, 0.05) is 3.57 Å². The fourth-order valence-corrected chi connectivity index (χ4v) is 1.90. The SMILES string of the molecule is CC(C)(CO)Nc1cc(I)cc(Cl)n1. The molecule has 0 atom stereocenters. The molecule has 14 heavy (non-hydrogen) atoms. The zero-order valence-corrected chi connectivity index (χ0v) is 10.9. The first-order chi connectivity index (χ1) is 6.43. The predicted octanol–water partition coefficient (Wildman–Crippen LogP) is 2.52. The lowest BCUT2D eigenvalue weighted by atomic mass is 10.1. The third-order valence-electron chi connectivity index (χ3n) is 1.62. The molecule has 0 radical (unpaired) electrons. The molecule has 0 aromatic carbocycles. The Balaban J connectivity index is 2.87. The maximum Gasteiger partial charge on any atom is 0.132 e. The Morgan fingerprint density at radius 1 is 1.57 bits per heavy atom. The van der Waals surface area contributed by atoms with Crippen LogP contribution < -0.4 is 5.32 Å². The summed E-state index contributed by atoms with van der Waals surface area (Å²) in [5.41, 5.74) is -0.388. The highest BCUT2D eigenvalue weighted by atomic mass is 127. The first kappa shape index (κ1) is 12.0. The van der Waals surface area contributed by atoms with Gasteiger partial charge in [0.2, 0.25) is 0 Å². The number of aliphatic hydroxyl groups excluding tert-OH is 1. The molecule has 1 heterocycles. The van der Waals surface area contributed by atoms with E-state index in [2.05, 4.69) is 32.9 Å². The Morgan fingerprint density at radius 3 is 2.71 bits per heavy atom. The van der Waals surface area contributed by atoms with Crippen molar-refractivity contribution in [2.24, 2.45) is 0 Å². The standard InChI is InChI=1S/C9H12ClIN2O/c1-9(2,5-14)13-8-4-6(11)3-7(10)12-8/h3-4,14H,5H2,1-2H3,(H,12,13). The van der Waals surface area contributed by atoms with E-state index in [-0.39, 0.29) is 12.1 Å². The number of rotatable bonds is 3. The summed E-state index contributed by atoms with van der Waals surface area (Å²) in [5, 5.41) is 12.6. The molecule has 0 unspecified atom stereocenters. The topological polar surface area (TPSA) is 45.1 Å². The highest BCUT2D eigenvalue weighted by Gasteiger charge is 2.16. The molecule has 78 valence electrons. The summed E-state index contributed by atoms with van der Waals surface area (Å²) in [6.45, 7) is 3.82. The average molecular weight is 327 g/mol. The average Bonchev–Trinajstić information content (AvgIpc) is 2.01. The number of pyridine rings is 1. The van der Waals surface area contributed by atoms with Crippen LogP contribution in [0, 0.1) is 3.57 Å². The maximum absolute atomic E-state index is 9.07.